The molecule has 2 rings (SSSR count). The van der Waals surface area contributed by atoms with Crippen LogP contribution < -0.4 is 5.32 Å². The van der Waals surface area contributed by atoms with Gasteiger partial charge in [-0.05, 0) is 42.8 Å². The minimum Gasteiger partial charge on any atom is -0.464 e. The van der Waals surface area contributed by atoms with E-state index in [4.69, 9.17) is 4.42 Å². The fourth-order valence-corrected chi connectivity index (χ4v) is 3.35. The zero-order valence-electron chi connectivity index (χ0n) is 12.6. The van der Waals surface area contributed by atoms with Crippen LogP contribution in [0.25, 0.3) is 0 Å². The molecule has 1 heterocycles. The number of hydrogen-bond acceptors (Lipinski definition) is 4. The van der Waals surface area contributed by atoms with Crippen molar-refractivity contribution in [3.05, 3.63) is 53.5 Å². The Kier molecular flexibility index (Phi) is 4.85. The van der Waals surface area contributed by atoms with Gasteiger partial charge in [0.25, 0.3) is 0 Å². The molecular formula is C16H21NO3S. The molecule has 21 heavy (non-hydrogen) atoms. The van der Waals surface area contributed by atoms with Gasteiger partial charge in [-0.2, -0.15) is 0 Å². The highest BCUT2D eigenvalue weighted by molar-refractivity contribution is 7.90. The summed E-state index contributed by atoms with van der Waals surface area (Å²) in [6.45, 7) is 4.74. The van der Waals surface area contributed by atoms with Crippen molar-refractivity contribution in [1.29, 1.82) is 0 Å². The summed E-state index contributed by atoms with van der Waals surface area (Å²) in [4.78, 5) is 0.332. The van der Waals surface area contributed by atoms with Crippen LogP contribution in [0.2, 0.25) is 0 Å². The first-order valence-corrected chi connectivity index (χ1v) is 8.62. The molecule has 0 radical (unpaired) electrons. The summed E-state index contributed by atoms with van der Waals surface area (Å²) in [7, 11) is -1.56. The van der Waals surface area contributed by atoms with Crippen LogP contribution in [-0.4, -0.2) is 15.5 Å². The predicted octanol–water partition coefficient (Wildman–Crippen LogP) is 3.10. The lowest BCUT2D eigenvalue weighted by Gasteiger charge is -2.07. The number of benzene rings is 1. The third-order valence-electron chi connectivity index (χ3n) is 3.31. The lowest BCUT2D eigenvalue weighted by molar-refractivity contribution is 0.465. The summed E-state index contributed by atoms with van der Waals surface area (Å²) in [6.07, 6.45) is 0. The summed E-state index contributed by atoms with van der Waals surface area (Å²) < 4.78 is 30.3. The molecule has 0 bridgehead atoms. The maximum atomic E-state index is 12.4. The average Bonchev–Trinajstić information content (AvgIpc) is 2.86. The van der Waals surface area contributed by atoms with E-state index in [1.807, 2.05) is 19.2 Å². The van der Waals surface area contributed by atoms with Gasteiger partial charge in [0.1, 0.15) is 17.3 Å². The smallest absolute Gasteiger partial charge is 0.185 e. The highest BCUT2D eigenvalue weighted by atomic mass is 32.2. The molecule has 0 aliphatic heterocycles. The number of hydrogen-bond donors (Lipinski definition) is 1. The Morgan fingerprint density at radius 2 is 1.67 bits per heavy atom. The minimum absolute atomic E-state index is 0.113. The predicted molar refractivity (Wildman–Crippen MR) is 82.9 cm³/mol. The average molecular weight is 307 g/mol. The third kappa shape index (κ3) is 3.95. The van der Waals surface area contributed by atoms with Gasteiger partial charge in [-0.3, -0.25) is 0 Å². The van der Waals surface area contributed by atoms with E-state index in [2.05, 4.69) is 19.2 Å². The van der Waals surface area contributed by atoms with Crippen molar-refractivity contribution in [3.8, 4) is 0 Å². The molecule has 4 nitrogen and oxygen atoms in total. The molecule has 0 fully saturated rings. The maximum Gasteiger partial charge on any atom is 0.185 e. The summed E-state index contributed by atoms with van der Waals surface area (Å²) in [5.74, 6) is 1.47. The van der Waals surface area contributed by atoms with Crippen LogP contribution in [0.15, 0.2) is 45.7 Å². The highest BCUT2D eigenvalue weighted by Crippen LogP contribution is 2.21. The molecule has 0 atom stereocenters. The van der Waals surface area contributed by atoms with E-state index in [-0.39, 0.29) is 5.75 Å². The molecular weight excluding hydrogens is 286 g/mol. The lowest BCUT2D eigenvalue weighted by Crippen LogP contribution is -2.05. The SMILES string of the molecule is CNCc1ccc(CS(=O)(=O)c2ccc(C(C)C)cc2)o1. The maximum absolute atomic E-state index is 12.4. The van der Waals surface area contributed by atoms with Crippen LogP contribution in [0.1, 0.15) is 36.8 Å². The number of rotatable bonds is 6. The summed E-state index contributed by atoms with van der Waals surface area (Å²) in [5, 5.41) is 2.97. The zero-order chi connectivity index (χ0) is 15.5. The van der Waals surface area contributed by atoms with E-state index < -0.39 is 9.84 Å². The van der Waals surface area contributed by atoms with Gasteiger partial charge in [-0.25, -0.2) is 8.42 Å². The van der Waals surface area contributed by atoms with Gasteiger partial charge in [0.2, 0.25) is 0 Å². The molecule has 1 aromatic heterocycles. The van der Waals surface area contributed by atoms with Gasteiger partial charge in [0.05, 0.1) is 11.4 Å². The summed E-state index contributed by atoms with van der Waals surface area (Å²) in [5.41, 5.74) is 1.13. The van der Waals surface area contributed by atoms with Crippen molar-refractivity contribution in [1.82, 2.24) is 5.32 Å². The molecule has 0 aliphatic rings. The largest absolute Gasteiger partial charge is 0.464 e. The Balaban J connectivity index is 2.17. The molecule has 0 spiro atoms. The van der Waals surface area contributed by atoms with Crippen LogP contribution in [0.3, 0.4) is 0 Å². The number of furan rings is 1. The number of sulfone groups is 1. The van der Waals surface area contributed by atoms with Crippen molar-refractivity contribution in [2.24, 2.45) is 0 Å². The van der Waals surface area contributed by atoms with Gasteiger partial charge in [-0.15, -0.1) is 0 Å². The standard InChI is InChI=1S/C16H21NO3S/c1-12(2)13-4-8-16(9-5-13)21(18,19)11-15-7-6-14(20-15)10-17-3/h4-9,12,17H,10-11H2,1-3H3. The second kappa shape index (κ2) is 6.45. The van der Waals surface area contributed by atoms with Gasteiger partial charge in [0.15, 0.2) is 9.84 Å². The summed E-state index contributed by atoms with van der Waals surface area (Å²) >= 11 is 0. The van der Waals surface area contributed by atoms with Crippen LogP contribution in [0.5, 0.6) is 0 Å². The van der Waals surface area contributed by atoms with Gasteiger partial charge in [0, 0.05) is 0 Å². The van der Waals surface area contributed by atoms with Crippen molar-refractivity contribution in [3.63, 3.8) is 0 Å². The second-order valence-electron chi connectivity index (χ2n) is 5.38. The monoisotopic (exact) mass is 307 g/mol. The minimum atomic E-state index is -3.37. The topological polar surface area (TPSA) is 59.3 Å². The van der Waals surface area contributed by atoms with E-state index >= 15 is 0 Å². The molecule has 0 saturated heterocycles. The molecule has 0 aliphatic carbocycles. The molecule has 0 unspecified atom stereocenters. The lowest BCUT2D eigenvalue weighted by atomic mass is 10.0. The second-order valence-corrected chi connectivity index (χ2v) is 7.37. The molecule has 0 amide bonds. The fourth-order valence-electron chi connectivity index (χ4n) is 2.10. The van der Waals surface area contributed by atoms with Crippen LogP contribution >= 0.6 is 0 Å². The van der Waals surface area contributed by atoms with E-state index in [1.165, 1.54) is 0 Å². The first-order chi connectivity index (χ1) is 9.92. The van der Waals surface area contributed by atoms with Gasteiger partial charge < -0.3 is 9.73 Å². The van der Waals surface area contributed by atoms with E-state index in [0.717, 1.165) is 11.3 Å². The molecule has 5 heteroatoms. The van der Waals surface area contributed by atoms with E-state index in [9.17, 15) is 8.42 Å². The fraction of sp³-hybridized carbons (Fsp3) is 0.375. The Hall–Kier alpha value is -1.59. The van der Waals surface area contributed by atoms with Crippen molar-refractivity contribution >= 4 is 9.84 Å². The molecule has 1 aromatic carbocycles. The third-order valence-corrected chi connectivity index (χ3v) is 4.96. The Morgan fingerprint density at radius 1 is 1.05 bits per heavy atom. The van der Waals surface area contributed by atoms with Gasteiger partial charge in [-0.1, -0.05) is 26.0 Å². The highest BCUT2D eigenvalue weighted by Gasteiger charge is 2.18. The molecule has 1 N–H and O–H groups in total. The molecule has 2 aromatic rings. The normalized spacial score (nSPS) is 12.0. The summed E-state index contributed by atoms with van der Waals surface area (Å²) in [6, 6.07) is 10.6. The Morgan fingerprint density at radius 3 is 2.24 bits per heavy atom. The van der Waals surface area contributed by atoms with Crippen molar-refractivity contribution in [2.45, 2.75) is 37.0 Å². The Bertz CT molecular complexity index is 685. The van der Waals surface area contributed by atoms with E-state index in [1.54, 1.807) is 24.3 Å². The quantitative estimate of drug-likeness (QED) is 0.891. The number of nitrogens with one attached hydrogen (secondary N) is 1. The van der Waals surface area contributed by atoms with Crippen molar-refractivity contribution < 1.29 is 12.8 Å². The van der Waals surface area contributed by atoms with Crippen LogP contribution in [0, 0.1) is 0 Å². The Labute approximate surface area is 126 Å². The molecule has 114 valence electrons. The molecule has 0 saturated carbocycles. The van der Waals surface area contributed by atoms with Crippen LogP contribution in [-0.2, 0) is 22.1 Å². The first kappa shape index (κ1) is 15.8. The zero-order valence-corrected chi connectivity index (χ0v) is 13.4. The van der Waals surface area contributed by atoms with Crippen LogP contribution in [0.4, 0.5) is 0 Å². The van der Waals surface area contributed by atoms with Crippen molar-refractivity contribution in [2.75, 3.05) is 7.05 Å². The first-order valence-electron chi connectivity index (χ1n) is 6.97. The van der Waals surface area contributed by atoms with E-state index in [0.29, 0.717) is 23.1 Å². The van der Waals surface area contributed by atoms with Gasteiger partial charge >= 0.3 is 0 Å².